The Labute approximate surface area is 342 Å². The molecule has 16 nitrogen and oxygen atoms in total. The SMILES string of the molecule is CCc1cc(Cn2cnc(C)c(Oc3cc(Cl)cc(C#N)c3)c2=O)c(CC)nn1.COc1nnc(CO)cc1Cn1cnc(C)c(Oc2cc(Cl)cc(C#N)c2)c1=O. The van der Waals surface area contributed by atoms with Crippen molar-refractivity contribution in [3.8, 4) is 41.0 Å². The molecule has 296 valence electrons. The van der Waals surface area contributed by atoms with Crippen LogP contribution in [-0.2, 0) is 32.5 Å². The molecule has 4 aromatic heterocycles. The van der Waals surface area contributed by atoms with E-state index < -0.39 is 5.56 Å². The Morgan fingerprint density at radius 3 is 1.66 bits per heavy atom. The van der Waals surface area contributed by atoms with Gasteiger partial charge in [0.2, 0.25) is 17.4 Å². The van der Waals surface area contributed by atoms with Crippen molar-refractivity contribution >= 4 is 23.2 Å². The number of rotatable bonds is 12. The van der Waals surface area contributed by atoms with Crippen molar-refractivity contribution in [2.24, 2.45) is 0 Å². The lowest BCUT2D eigenvalue weighted by molar-refractivity contribution is 0.273. The van der Waals surface area contributed by atoms with Gasteiger partial charge in [0, 0.05) is 15.6 Å². The molecule has 0 spiro atoms. The van der Waals surface area contributed by atoms with Crippen LogP contribution in [-0.4, -0.2) is 51.7 Å². The maximum atomic E-state index is 13.1. The van der Waals surface area contributed by atoms with Gasteiger partial charge in [-0.25, -0.2) is 9.97 Å². The van der Waals surface area contributed by atoms with Crippen LogP contribution in [0.5, 0.6) is 28.9 Å². The molecule has 18 heteroatoms. The van der Waals surface area contributed by atoms with Crippen LogP contribution >= 0.6 is 23.2 Å². The minimum Gasteiger partial charge on any atom is -0.480 e. The van der Waals surface area contributed by atoms with Crippen LogP contribution in [0.15, 0.2) is 70.8 Å². The summed E-state index contributed by atoms with van der Waals surface area (Å²) in [4.78, 5) is 34.5. The lowest BCUT2D eigenvalue weighted by Crippen LogP contribution is -2.24. The molecule has 1 N–H and O–H groups in total. The monoisotopic (exact) mass is 822 g/mol. The number of halogens is 2. The number of ether oxygens (including phenoxy) is 3. The lowest BCUT2D eigenvalue weighted by atomic mass is 10.1. The smallest absolute Gasteiger partial charge is 0.296 e. The van der Waals surface area contributed by atoms with Gasteiger partial charge in [-0.2, -0.15) is 20.7 Å². The Morgan fingerprint density at radius 2 is 1.19 bits per heavy atom. The molecule has 4 heterocycles. The van der Waals surface area contributed by atoms with Gasteiger partial charge in [-0.3, -0.25) is 18.7 Å². The van der Waals surface area contributed by atoms with Crippen molar-refractivity contribution < 1.29 is 19.3 Å². The van der Waals surface area contributed by atoms with E-state index in [1.807, 2.05) is 32.1 Å². The van der Waals surface area contributed by atoms with E-state index in [0.717, 1.165) is 23.4 Å². The van der Waals surface area contributed by atoms with Crippen molar-refractivity contribution in [2.45, 2.75) is 60.2 Å². The quantitative estimate of drug-likeness (QED) is 0.149. The highest BCUT2D eigenvalue weighted by atomic mass is 35.5. The molecule has 0 saturated heterocycles. The molecule has 0 atom stereocenters. The van der Waals surface area contributed by atoms with E-state index in [9.17, 15) is 14.7 Å². The molecule has 0 amide bonds. The number of aliphatic hydroxyl groups excluding tert-OH is 1. The number of hydrogen-bond acceptors (Lipinski definition) is 14. The zero-order valence-electron chi connectivity index (χ0n) is 32.0. The lowest BCUT2D eigenvalue weighted by Gasteiger charge is -2.13. The van der Waals surface area contributed by atoms with Crippen LogP contribution in [0.25, 0.3) is 0 Å². The van der Waals surface area contributed by atoms with Crippen LogP contribution in [0.3, 0.4) is 0 Å². The minimum absolute atomic E-state index is 0.00187. The third-order valence-corrected chi connectivity index (χ3v) is 8.86. The summed E-state index contributed by atoms with van der Waals surface area (Å²) < 4.78 is 19.5. The number of benzene rings is 2. The number of hydrogen-bond donors (Lipinski definition) is 1. The first-order valence-electron chi connectivity index (χ1n) is 17.6. The maximum absolute atomic E-state index is 13.1. The minimum atomic E-state index is -0.444. The molecule has 0 aliphatic rings. The van der Waals surface area contributed by atoms with Crippen LogP contribution in [0.2, 0.25) is 10.0 Å². The summed E-state index contributed by atoms with van der Waals surface area (Å²) in [6.07, 6.45) is 4.34. The topological polar surface area (TPSA) is 217 Å². The Morgan fingerprint density at radius 1 is 0.690 bits per heavy atom. The van der Waals surface area contributed by atoms with E-state index >= 15 is 0 Å². The van der Waals surface area contributed by atoms with Crippen molar-refractivity contribution in [1.29, 1.82) is 10.5 Å². The summed E-state index contributed by atoms with van der Waals surface area (Å²) in [6.45, 7) is 7.42. The first-order valence-corrected chi connectivity index (χ1v) is 18.4. The number of nitriles is 2. The van der Waals surface area contributed by atoms with E-state index in [1.54, 1.807) is 26.0 Å². The van der Waals surface area contributed by atoms with E-state index in [1.165, 1.54) is 59.2 Å². The Kier molecular flexibility index (Phi) is 14.2. The molecule has 0 aliphatic heterocycles. The first kappa shape index (κ1) is 42.4. The van der Waals surface area contributed by atoms with Gasteiger partial charge in [-0.1, -0.05) is 37.0 Å². The van der Waals surface area contributed by atoms with E-state index in [2.05, 4.69) is 30.4 Å². The second-order valence-electron chi connectivity index (χ2n) is 12.5. The van der Waals surface area contributed by atoms with Crippen molar-refractivity contribution in [3.63, 3.8) is 0 Å². The molecule has 0 saturated carbocycles. The van der Waals surface area contributed by atoms with E-state index in [4.69, 9.17) is 47.9 Å². The molecule has 0 bridgehead atoms. The predicted octanol–water partition coefficient (Wildman–Crippen LogP) is 6.04. The summed E-state index contributed by atoms with van der Waals surface area (Å²) in [6, 6.07) is 16.6. The molecule has 6 aromatic rings. The largest absolute Gasteiger partial charge is 0.480 e. The molecule has 0 aliphatic carbocycles. The van der Waals surface area contributed by atoms with E-state index in [0.29, 0.717) is 62.5 Å². The van der Waals surface area contributed by atoms with Crippen LogP contribution in [0.1, 0.15) is 64.6 Å². The number of aryl methyl sites for hydroxylation is 4. The van der Waals surface area contributed by atoms with Gasteiger partial charge >= 0.3 is 0 Å². The molecule has 0 radical (unpaired) electrons. The van der Waals surface area contributed by atoms with Gasteiger partial charge in [0.1, 0.15) is 11.5 Å². The predicted molar refractivity (Wildman–Crippen MR) is 212 cm³/mol. The number of methoxy groups -OCH3 is 1. The molecule has 6 rings (SSSR count). The van der Waals surface area contributed by atoms with Gasteiger partial charge in [-0.05, 0) is 80.8 Å². The first-order chi connectivity index (χ1) is 27.9. The molecular formula is C40H36Cl2N10O6. The van der Waals surface area contributed by atoms with Crippen molar-refractivity contribution in [1.82, 2.24) is 39.5 Å². The fraction of sp³-hybridized carbons (Fsp3) is 0.250. The Hall–Kier alpha value is -6.72. The Balaban J connectivity index is 0.000000221. The van der Waals surface area contributed by atoms with Gasteiger partial charge in [0.25, 0.3) is 11.1 Å². The maximum Gasteiger partial charge on any atom is 0.296 e. The molecule has 0 unspecified atom stereocenters. The second-order valence-corrected chi connectivity index (χ2v) is 13.4. The normalized spacial score (nSPS) is 10.5. The number of aromatic nitrogens is 8. The second kappa shape index (κ2) is 19.4. The number of nitrogens with zero attached hydrogens (tertiary/aromatic N) is 10. The van der Waals surface area contributed by atoms with Gasteiger partial charge in [-0.15, -0.1) is 10.2 Å². The van der Waals surface area contributed by atoms with Gasteiger partial charge in [0.05, 0.1) is 91.2 Å². The van der Waals surface area contributed by atoms with Crippen molar-refractivity contribution in [2.75, 3.05) is 7.11 Å². The van der Waals surface area contributed by atoms with Gasteiger partial charge in [0.15, 0.2) is 0 Å². The average molecular weight is 824 g/mol. The summed E-state index contributed by atoms with van der Waals surface area (Å²) in [5.41, 5.74) is 4.21. The third-order valence-electron chi connectivity index (χ3n) is 8.42. The van der Waals surface area contributed by atoms with Crippen LogP contribution in [0.4, 0.5) is 0 Å². The summed E-state index contributed by atoms with van der Waals surface area (Å²) in [5, 5.41) is 44.3. The highest BCUT2D eigenvalue weighted by molar-refractivity contribution is 6.31. The number of aliphatic hydroxyl groups is 1. The summed E-state index contributed by atoms with van der Waals surface area (Å²) in [7, 11) is 1.43. The van der Waals surface area contributed by atoms with Crippen LogP contribution in [0, 0.1) is 36.5 Å². The molecule has 0 fully saturated rings. The highest BCUT2D eigenvalue weighted by Crippen LogP contribution is 2.27. The fourth-order valence-corrected chi connectivity index (χ4v) is 5.93. The fourth-order valence-electron chi connectivity index (χ4n) is 5.48. The van der Waals surface area contributed by atoms with Gasteiger partial charge < -0.3 is 19.3 Å². The van der Waals surface area contributed by atoms with Crippen LogP contribution < -0.4 is 25.3 Å². The average Bonchev–Trinajstić information content (AvgIpc) is 3.22. The zero-order chi connectivity index (χ0) is 41.9. The Bertz CT molecular complexity index is 2490. The molecule has 2 aromatic carbocycles. The van der Waals surface area contributed by atoms with Crippen molar-refractivity contribution in [3.05, 3.63) is 143 Å². The highest BCUT2D eigenvalue weighted by Gasteiger charge is 2.17. The summed E-state index contributed by atoms with van der Waals surface area (Å²) in [5.74, 6) is 0.878. The third kappa shape index (κ3) is 10.4. The molecular weight excluding hydrogens is 787 g/mol. The van der Waals surface area contributed by atoms with E-state index in [-0.39, 0.29) is 41.8 Å². The standard InChI is InChI=1S/C21H20ClN5O2.C19H16ClN5O4/c1-4-17-8-15(19(5-2)26-25-17)11-27-12-24-13(3)20(21(27)28)29-18-7-14(10-23)6-16(22)9-18;1-11-17(29-16-4-12(7-21)3-14(20)6-16)19(27)25(10-22-11)8-13-5-15(9-26)23-24-18(13)28-2/h6-9,12H,4-5,11H2,1-3H3;3-6,10,26H,8-9H2,1-2H3. The molecule has 58 heavy (non-hydrogen) atoms. The zero-order valence-corrected chi connectivity index (χ0v) is 33.5. The summed E-state index contributed by atoms with van der Waals surface area (Å²) >= 11 is 12.0.